The van der Waals surface area contributed by atoms with Crippen LogP contribution in [0.3, 0.4) is 0 Å². The fraction of sp³-hybridized carbons (Fsp3) is 0.237. The molecule has 0 saturated heterocycles. The molecule has 1 amide bonds. The van der Waals surface area contributed by atoms with Crippen molar-refractivity contribution in [2.75, 3.05) is 6.54 Å². The standard InChI is InChI=1S/C38H35N3O4/c42-34(29-14-7-12-27(22-29)28-13-8-17-31(23-28)45-25-26-10-3-1-4-11-26)36(44)41-21-9-18-33-32(24-41)35(43)40-37(39-33)38(19-20-38)30-15-5-2-6-16-30/h1-8,10-17,22-23,34,42H,9,18-21,24-25H2,(H,39,40,43)/t34-/m1/s1. The second-order valence-corrected chi connectivity index (χ2v) is 12.0. The summed E-state index contributed by atoms with van der Waals surface area (Å²) in [6.07, 6.45) is 1.80. The molecule has 2 heterocycles. The third-order valence-corrected chi connectivity index (χ3v) is 8.99. The van der Waals surface area contributed by atoms with Crippen LogP contribution >= 0.6 is 0 Å². The van der Waals surface area contributed by atoms with Gasteiger partial charge >= 0.3 is 0 Å². The van der Waals surface area contributed by atoms with Crippen LogP contribution in [0.25, 0.3) is 11.1 Å². The van der Waals surface area contributed by atoms with E-state index in [0.29, 0.717) is 42.9 Å². The largest absolute Gasteiger partial charge is 0.489 e. The Morgan fingerprint density at radius 1 is 0.911 bits per heavy atom. The van der Waals surface area contributed by atoms with E-state index in [2.05, 4.69) is 17.1 Å². The Kier molecular flexibility index (Phi) is 7.78. The average Bonchev–Trinajstić information content (AvgIpc) is 3.93. The fourth-order valence-corrected chi connectivity index (χ4v) is 6.29. The molecule has 7 rings (SSSR count). The highest BCUT2D eigenvalue weighted by Gasteiger charge is 2.48. The van der Waals surface area contributed by atoms with Gasteiger partial charge in [-0.05, 0) is 71.7 Å². The molecule has 0 radical (unpaired) electrons. The van der Waals surface area contributed by atoms with Crippen molar-refractivity contribution >= 4 is 5.91 Å². The number of nitrogens with one attached hydrogen (secondary N) is 1. The van der Waals surface area contributed by atoms with Crippen LogP contribution in [-0.4, -0.2) is 32.4 Å². The van der Waals surface area contributed by atoms with Crippen LogP contribution in [0.1, 0.15) is 59.1 Å². The minimum Gasteiger partial charge on any atom is -0.489 e. The summed E-state index contributed by atoms with van der Waals surface area (Å²) in [4.78, 5) is 36.6. The maximum atomic E-state index is 13.6. The predicted octanol–water partition coefficient (Wildman–Crippen LogP) is 6.10. The summed E-state index contributed by atoms with van der Waals surface area (Å²) in [5.41, 5.74) is 5.33. The number of rotatable bonds is 8. The SMILES string of the molecule is O=C([C@H](O)c1cccc(-c2cccc(OCc3ccccc3)c2)c1)N1CCCc2nc(C3(c4ccccc4)CC3)[nH]c(=O)c2C1. The molecule has 2 aliphatic rings. The van der Waals surface area contributed by atoms with Gasteiger partial charge in [-0.2, -0.15) is 0 Å². The molecule has 7 nitrogen and oxygen atoms in total. The molecule has 2 N–H and O–H groups in total. The Morgan fingerprint density at radius 3 is 2.38 bits per heavy atom. The zero-order valence-corrected chi connectivity index (χ0v) is 25.0. The molecule has 7 heteroatoms. The second kappa shape index (κ2) is 12.2. The van der Waals surface area contributed by atoms with Gasteiger partial charge in [-0.15, -0.1) is 0 Å². The van der Waals surface area contributed by atoms with Crippen molar-refractivity contribution in [3.63, 3.8) is 0 Å². The van der Waals surface area contributed by atoms with E-state index < -0.39 is 12.0 Å². The van der Waals surface area contributed by atoms with Crippen molar-refractivity contribution in [3.05, 3.63) is 153 Å². The van der Waals surface area contributed by atoms with Crippen molar-refractivity contribution in [2.24, 2.45) is 0 Å². The van der Waals surface area contributed by atoms with Gasteiger partial charge < -0.3 is 19.7 Å². The lowest BCUT2D eigenvalue weighted by Gasteiger charge is -2.24. The molecule has 45 heavy (non-hydrogen) atoms. The highest BCUT2D eigenvalue weighted by atomic mass is 16.5. The molecular formula is C38H35N3O4. The first-order valence-electron chi connectivity index (χ1n) is 15.5. The third-order valence-electron chi connectivity index (χ3n) is 8.99. The van der Waals surface area contributed by atoms with Gasteiger partial charge in [-0.25, -0.2) is 4.98 Å². The number of carbonyl (C=O) groups excluding carboxylic acids is 1. The predicted molar refractivity (Wildman–Crippen MR) is 173 cm³/mol. The summed E-state index contributed by atoms with van der Waals surface area (Å²) in [6, 6.07) is 35.3. The molecule has 1 atom stereocenters. The molecule has 1 aliphatic heterocycles. The third kappa shape index (κ3) is 5.91. The normalized spacial score (nSPS) is 15.9. The minimum absolute atomic E-state index is 0.118. The number of nitrogens with zero attached hydrogens (tertiary/aromatic N) is 2. The van der Waals surface area contributed by atoms with Crippen LogP contribution in [0, 0.1) is 0 Å². The van der Waals surface area contributed by atoms with Crippen LogP contribution in [-0.2, 0) is 29.8 Å². The maximum Gasteiger partial charge on any atom is 0.256 e. The molecule has 5 aromatic rings. The summed E-state index contributed by atoms with van der Waals surface area (Å²) in [7, 11) is 0. The topological polar surface area (TPSA) is 95.5 Å². The molecule has 0 unspecified atom stereocenters. The molecule has 1 fully saturated rings. The van der Waals surface area contributed by atoms with Crippen LogP contribution in [0.15, 0.2) is 114 Å². The number of aromatic amines is 1. The van der Waals surface area contributed by atoms with Crippen LogP contribution in [0.2, 0.25) is 0 Å². The lowest BCUT2D eigenvalue weighted by atomic mass is 9.94. The van der Waals surface area contributed by atoms with Gasteiger partial charge in [0.2, 0.25) is 0 Å². The molecule has 1 aromatic heterocycles. The Labute approximate surface area is 262 Å². The minimum atomic E-state index is -1.36. The quantitative estimate of drug-likeness (QED) is 0.225. The molecule has 0 spiro atoms. The van der Waals surface area contributed by atoms with Gasteiger partial charge in [0.25, 0.3) is 11.5 Å². The van der Waals surface area contributed by atoms with Crippen molar-refractivity contribution in [2.45, 2.75) is 50.4 Å². The zero-order valence-electron chi connectivity index (χ0n) is 25.0. The summed E-state index contributed by atoms with van der Waals surface area (Å²) in [5, 5.41) is 11.3. The number of amides is 1. The number of hydrogen-bond donors (Lipinski definition) is 2. The Balaban J connectivity index is 1.08. The van der Waals surface area contributed by atoms with Crippen molar-refractivity contribution in [1.29, 1.82) is 0 Å². The number of hydrogen-bond acceptors (Lipinski definition) is 5. The Hall–Kier alpha value is -5.01. The zero-order chi connectivity index (χ0) is 30.8. The van der Waals surface area contributed by atoms with Crippen molar-refractivity contribution < 1.29 is 14.6 Å². The number of benzene rings is 4. The van der Waals surface area contributed by atoms with Gasteiger partial charge in [-0.3, -0.25) is 9.59 Å². The van der Waals surface area contributed by atoms with E-state index in [0.717, 1.165) is 46.5 Å². The van der Waals surface area contributed by atoms with Gasteiger partial charge in [-0.1, -0.05) is 91.0 Å². The number of aromatic nitrogens is 2. The first-order chi connectivity index (χ1) is 22.0. The number of carbonyl (C=O) groups is 1. The number of H-pyrrole nitrogens is 1. The van der Waals surface area contributed by atoms with Gasteiger partial charge in [0.1, 0.15) is 18.2 Å². The lowest BCUT2D eigenvalue weighted by Crippen LogP contribution is -2.36. The van der Waals surface area contributed by atoms with E-state index in [1.807, 2.05) is 91.0 Å². The molecule has 4 aromatic carbocycles. The van der Waals surface area contributed by atoms with Crippen LogP contribution < -0.4 is 10.3 Å². The molecule has 226 valence electrons. The van der Waals surface area contributed by atoms with Crippen molar-refractivity contribution in [3.8, 4) is 16.9 Å². The van der Waals surface area contributed by atoms with Crippen molar-refractivity contribution in [1.82, 2.24) is 14.9 Å². The van der Waals surface area contributed by atoms with E-state index in [1.165, 1.54) is 0 Å². The van der Waals surface area contributed by atoms with E-state index in [-0.39, 0.29) is 17.5 Å². The van der Waals surface area contributed by atoms with Crippen LogP contribution in [0.5, 0.6) is 5.75 Å². The summed E-state index contributed by atoms with van der Waals surface area (Å²) in [5.74, 6) is 1.02. The Bertz CT molecular complexity index is 1880. The van der Waals surface area contributed by atoms with Gasteiger partial charge in [0.05, 0.1) is 23.2 Å². The smallest absolute Gasteiger partial charge is 0.256 e. The molecule has 0 bridgehead atoms. The summed E-state index contributed by atoms with van der Waals surface area (Å²) >= 11 is 0. The number of aryl methyl sites for hydroxylation is 1. The number of ether oxygens (including phenoxy) is 1. The number of aliphatic hydroxyl groups is 1. The monoisotopic (exact) mass is 597 g/mol. The van der Waals surface area contributed by atoms with Crippen LogP contribution in [0.4, 0.5) is 0 Å². The van der Waals surface area contributed by atoms with Gasteiger partial charge in [0.15, 0.2) is 6.10 Å². The Morgan fingerprint density at radius 2 is 1.62 bits per heavy atom. The maximum absolute atomic E-state index is 13.6. The highest BCUT2D eigenvalue weighted by molar-refractivity contribution is 5.83. The molecular weight excluding hydrogens is 562 g/mol. The number of aliphatic hydroxyl groups excluding tert-OH is 1. The van der Waals surface area contributed by atoms with E-state index in [1.54, 1.807) is 11.0 Å². The summed E-state index contributed by atoms with van der Waals surface area (Å²) < 4.78 is 6.01. The average molecular weight is 598 g/mol. The first-order valence-corrected chi connectivity index (χ1v) is 15.5. The lowest BCUT2D eigenvalue weighted by molar-refractivity contribution is -0.141. The molecule has 1 aliphatic carbocycles. The highest BCUT2D eigenvalue weighted by Crippen LogP contribution is 2.52. The van der Waals surface area contributed by atoms with Gasteiger partial charge in [0, 0.05) is 6.54 Å². The molecule has 1 saturated carbocycles. The van der Waals surface area contributed by atoms with E-state index >= 15 is 0 Å². The summed E-state index contributed by atoms with van der Waals surface area (Å²) in [6.45, 7) is 1.02. The van der Waals surface area contributed by atoms with E-state index in [9.17, 15) is 14.7 Å². The van der Waals surface area contributed by atoms with E-state index in [4.69, 9.17) is 9.72 Å². The first kappa shape index (κ1) is 28.7. The fourth-order valence-electron chi connectivity index (χ4n) is 6.29. The second-order valence-electron chi connectivity index (χ2n) is 12.0. The number of fused-ring (bicyclic) bond motifs is 1.